The molecule has 25 heavy (non-hydrogen) atoms. The third-order valence-corrected chi connectivity index (χ3v) is 5.14. The van der Waals surface area contributed by atoms with Crippen molar-refractivity contribution in [3.63, 3.8) is 0 Å². The van der Waals surface area contributed by atoms with E-state index in [1.165, 1.54) is 18.1 Å². The summed E-state index contributed by atoms with van der Waals surface area (Å²) >= 11 is 0. The molecule has 3 rings (SSSR count). The van der Waals surface area contributed by atoms with Crippen LogP contribution in [-0.2, 0) is 9.53 Å². The minimum absolute atomic E-state index is 0.0976. The molecule has 1 saturated carbocycles. The zero-order chi connectivity index (χ0) is 17.8. The molecule has 1 heterocycles. The monoisotopic (exact) mass is 337 g/mol. The zero-order valence-electron chi connectivity index (χ0n) is 15.4. The fourth-order valence-electron chi connectivity index (χ4n) is 3.61. The Bertz CT molecular complexity index is 696. The van der Waals surface area contributed by atoms with Crippen LogP contribution in [0.25, 0.3) is 11.3 Å². The van der Waals surface area contributed by atoms with Gasteiger partial charge in [-0.15, -0.1) is 0 Å². The van der Waals surface area contributed by atoms with Gasteiger partial charge >= 0.3 is 5.97 Å². The highest BCUT2D eigenvalue weighted by Crippen LogP contribution is 2.34. The average Bonchev–Trinajstić information content (AvgIpc) is 2.62. The van der Waals surface area contributed by atoms with Crippen molar-refractivity contribution in [2.24, 2.45) is 0 Å². The van der Waals surface area contributed by atoms with Crippen LogP contribution in [-0.4, -0.2) is 17.1 Å². The maximum absolute atomic E-state index is 11.1. The van der Waals surface area contributed by atoms with Crippen LogP contribution in [0.1, 0.15) is 69.4 Å². The molecule has 0 radical (unpaired) electrons. The van der Waals surface area contributed by atoms with E-state index in [-0.39, 0.29) is 12.1 Å². The zero-order valence-corrected chi connectivity index (χ0v) is 15.4. The molecule has 1 fully saturated rings. The summed E-state index contributed by atoms with van der Waals surface area (Å²) in [5, 5.41) is 0. The molecule has 3 nitrogen and oxygen atoms in total. The Labute approximate surface area is 150 Å². The number of hydrogen-bond acceptors (Lipinski definition) is 3. The number of ether oxygens (including phenoxy) is 1. The second-order valence-electron chi connectivity index (χ2n) is 7.34. The lowest BCUT2D eigenvalue weighted by molar-refractivity contribution is -0.147. The Morgan fingerprint density at radius 1 is 1.04 bits per heavy atom. The van der Waals surface area contributed by atoms with Crippen molar-refractivity contribution in [2.45, 2.75) is 64.4 Å². The third-order valence-electron chi connectivity index (χ3n) is 5.14. The first kappa shape index (κ1) is 17.7. The van der Waals surface area contributed by atoms with E-state index in [0.717, 1.165) is 36.9 Å². The summed E-state index contributed by atoms with van der Waals surface area (Å²) in [5.41, 5.74) is 4.83. The van der Waals surface area contributed by atoms with Gasteiger partial charge in [-0.1, -0.05) is 44.2 Å². The molecule has 3 heteroatoms. The Morgan fingerprint density at radius 3 is 2.24 bits per heavy atom. The van der Waals surface area contributed by atoms with Crippen LogP contribution in [0.3, 0.4) is 0 Å². The molecule has 0 saturated heterocycles. The normalized spacial score (nSPS) is 20.5. The van der Waals surface area contributed by atoms with E-state index in [9.17, 15) is 4.79 Å². The summed E-state index contributed by atoms with van der Waals surface area (Å²) in [7, 11) is 0. The molecule has 0 amide bonds. The molecule has 1 aliphatic carbocycles. The van der Waals surface area contributed by atoms with Crippen LogP contribution in [0, 0.1) is 0 Å². The van der Waals surface area contributed by atoms with Gasteiger partial charge in [-0.2, -0.15) is 0 Å². The number of nitrogens with zero attached hydrogens (tertiary/aromatic N) is 1. The fraction of sp³-hybridized carbons (Fsp3) is 0.455. The molecule has 0 atom stereocenters. The molecule has 132 valence electrons. The highest BCUT2D eigenvalue weighted by Gasteiger charge is 2.24. The molecule has 0 bridgehead atoms. The smallest absolute Gasteiger partial charge is 0.302 e. The number of aromatic nitrogens is 1. The number of esters is 1. The van der Waals surface area contributed by atoms with Crippen molar-refractivity contribution in [1.29, 1.82) is 0 Å². The fourth-order valence-corrected chi connectivity index (χ4v) is 3.61. The summed E-state index contributed by atoms with van der Waals surface area (Å²) < 4.78 is 5.32. The number of hydrogen-bond donors (Lipinski definition) is 0. The van der Waals surface area contributed by atoms with Crippen LogP contribution >= 0.6 is 0 Å². The summed E-state index contributed by atoms with van der Waals surface area (Å²) in [4.78, 5) is 15.7. The topological polar surface area (TPSA) is 39.2 Å². The Morgan fingerprint density at radius 2 is 1.72 bits per heavy atom. The number of carbonyl (C=O) groups excluding carboxylic acids is 1. The van der Waals surface area contributed by atoms with Crippen molar-refractivity contribution >= 4 is 5.97 Å². The van der Waals surface area contributed by atoms with Gasteiger partial charge in [-0.3, -0.25) is 9.78 Å². The highest BCUT2D eigenvalue weighted by molar-refractivity contribution is 5.66. The molecule has 2 aromatic rings. The second-order valence-corrected chi connectivity index (χ2v) is 7.34. The molecule has 0 spiro atoms. The van der Waals surface area contributed by atoms with Gasteiger partial charge in [0.05, 0.1) is 5.69 Å². The van der Waals surface area contributed by atoms with E-state index in [0.29, 0.717) is 11.8 Å². The molecule has 0 aliphatic heterocycles. The van der Waals surface area contributed by atoms with Crippen LogP contribution in [0.5, 0.6) is 0 Å². The van der Waals surface area contributed by atoms with Gasteiger partial charge in [-0.25, -0.2) is 0 Å². The van der Waals surface area contributed by atoms with Gasteiger partial charge in [-0.05, 0) is 54.7 Å². The lowest BCUT2D eigenvalue weighted by Gasteiger charge is -2.28. The minimum atomic E-state index is -0.169. The van der Waals surface area contributed by atoms with Crippen LogP contribution in [0.15, 0.2) is 42.6 Å². The van der Waals surface area contributed by atoms with E-state index in [1.807, 2.05) is 6.20 Å². The maximum atomic E-state index is 11.1. The summed E-state index contributed by atoms with van der Waals surface area (Å²) in [6.07, 6.45) is 6.12. The standard InChI is InChI=1S/C22H27NO2/c1-15(2)17-4-6-19(7-5-17)22-13-10-20(14-23-22)18-8-11-21(12-9-18)25-16(3)24/h4-7,10,13-15,18,21H,8-9,11-12H2,1-3H3. The molecule has 1 aromatic heterocycles. The highest BCUT2D eigenvalue weighted by atomic mass is 16.5. The lowest BCUT2D eigenvalue weighted by Crippen LogP contribution is -2.22. The Hall–Kier alpha value is -2.16. The molecule has 1 aliphatic rings. The van der Waals surface area contributed by atoms with E-state index in [4.69, 9.17) is 4.74 Å². The SMILES string of the molecule is CC(=O)OC1CCC(c2ccc(-c3ccc(C(C)C)cc3)nc2)CC1. The molecule has 0 N–H and O–H groups in total. The van der Waals surface area contributed by atoms with E-state index in [1.54, 1.807) is 0 Å². The number of pyridine rings is 1. The Kier molecular flexibility index (Phi) is 5.52. The van der Waals surface area contributed by atoms with E-state index < -0.39 is 0 Å². The van der Waals surface area contributed by atoms with Gasteiger partial charge in [0.2, 0.25) is 0 Å². The van der Waals surface area contributed by atoms with E-state index >= 15 is 0 Å². The van der Waals surface area contributed by atoms with Gasteiger partial charge in [0, 0.05) is 18.7 Å². The van der Waals surface area contributed by atoms with Gasteiger partial charge in [0.1, 0.15) is 6.10 Å². The first-order valence-corrected chi connectivity index (χ1v) is 9.26. The predicted molar refractivity (Wildman–Crippen MR) is 101 cm³/mol. The van der Waals surface area contributed by atoms with Crippen molar-refractivity contribution < 1.29 is 9.53 Å². The third kappa shape index (κ3) is 4.47. The first-order valence-electron chi connectivity index (χ1n) is 9.26. The number of benzene rings is 1. The average molecular weight is 337 g/mol. The van der Waals surface area contributed by atoms with Crippen LogP contribution in [0.4, 0.5) is 0 Å². The number of rotatable bonds is 4. The summed E-state index contributed by atoms with van der Waals surface area (Å²) in [6, 6.07) is 13.0. The van der Waals surface area contributed by atoms with E-state index in [2.05, 4.69) is 55.2 Å². The van der Waals surface area contributed by atoms with Crippen molar-refractivity contribution in [1.82, 2.24) is 4.98 Å². The predicted octanol–water partition coefficient (Wildman–Crippen LogP) is 5.46. The molecular formula is C22H27NO2. The quantitative estimate of drug-likeness (QED) is 0.695. The van der Waals surface area contributed by atoms with Crippen LogP contribution < -0.4 is 0 Å². The molecular weight excluding hydrogens is 310 g/mol. The van der Waals surface area contributed by atoms with Crippen molar-refractivity contribution in [2.75, 3.05) is 0 Å². The number of carbonyl (C=O) groups is 1. The van der Waals surface area contributed by atoms with Crippen LogP contribution in [0.2, 0.25) is 0 Å². The molecule has 1 aromatic carbocycles. The first-order chi connectivity index (χ1) is 12.0. The van der Waals surface area contributed by atoms with Gasteiger partial charge in [0.25, 0.3) is 0 Å². The largest absolute Gasteiger partial charge is 0.463 e. The minimum Gasteiger partial charge on any atom is -0.463 e. The van der Waals surface area contributed by atoms with Crippen molar-refractivity contribution in [3.05, 3.63) is 53.7 Å². The second kappa shape index (κ2) is 7.81. The molecule has 0 unspecified atom stereocenters. The summed E-state index contributed by atoms with van der Waals surface area (Å²) in [5.74, 6) is 0.904. The van der Waals surface area contributed by atoms with Crippen molar-refractivity contribution in [3.8, 4) is 11.3 Å². The van der Waals surface area contributed by atoms with Gasteiger partial charge in [0.15, 0.2) is 0 Å². The summed E-state index contributed by atoms with van der Waals surface area (Å²) in [6.45, 7) is 5.90. The Balaban J connectivity index is 1.63. The maximum Gasteiger partial charge on any atom is 0.302 e. The van der Waals surface area contributed by atoms with Gasteiger partial charge < -0.3 is 4.74 Å². The lowest BCUT2D eigenvalue weighted by atomic mass is 9.83.